The monoisotopic (exact) mass is 509 g/mol. The third-order valence-corrected chi connectivity index (χ3v) is 5.79. The maximum absolute atomic E-state index is 15.4. The number of hydrogen-bond acceptors (Lipinski definition) is 8. The van der Waals surface area contributed by atoms with Crippen LogP contribution in [0.5, 0.6) is 0 Å². The van der Waals surface area contributed by atoms with Crippen molar-refractivity contribution in [1.29, 1.82) is 0 Å². The molecule has 0 spiro atoms. The average molecular weight is 510 g/mol. The first-order valence-corrected chi connectivity index (χ1v) is 11.2. The lowest BCUT2D eigenvalue weighted by molar-refractivity contribution is 0.122. The van der Waals surface area contributed by atoms with E-state index >= 15 is 4.39 Å². The lowest BCUT2D eigenvalue weighted by atomic mass is 10.1. The van der Waals surface area contributed by atoms with Crippen molar-refractivity contribution >= 4 is 51.8 Å². The first-order chi connectivity index (χ1) is 16.3. The van der Waals surface area contributed by atoms with Crippen LogP contribution in [-0.4, -0.2) is 50.2 Å². The van der Waals surface area contributed by atoms with Gasteiger partial charge in [0.05, 0.1) is 40.7 Å². The highest BCUT2D eigenvalue weighted by atomic mass is 35.5. The molecule has 3 rings (SSSR count). The van der Waals surface area contributed by atoms with Crippen LogP contribution < -0.4 is 16.0 Å². The third-order valence-electron chi connectivity index (χ3n) is 4.53. The molecule has 1 amide bonds. The molecule has 0 atom stereocenters. The number of halogens is 3. The van der Waals surface area contributed by atoms with Gasteiger partial charge in [-0.05, 0) is 18.2 Å². The van der Waals surface area contributed by atoms with Crippen molar-refractivity contribution in [2.45, 2.75) is 0 Å². The number of ether oxygens (including phenoxy) is 2. The third kappa shape index (κ3) is 6.19. The molecule has 8 nitrogen and oxygen atoms in total. The van der Waals surface area contributed by atoms with E-state index in [1.165, 1.54) is 29.7 Å². The number of amides is 1. The number of aliphatic imine (C=N–C) groups is 1. The molecule has 2 aromatic rings. The second-order valence-electron chi connectivity index (χ2n) is 6.85. The van der Waals surface area contributed by atoms with Crippen LogP contribution in [-0.2, 0) is 9.47 Å². The summed E-state index contributed by atoms with van der Waals surface area (Å²) in [5.74, 6) is -1.90. The fourth-order valence-electron chi connectivity index (χ4n) is 2.98. The summed E-state index contributed by atoms with van der Waals surface area (Å²) in [6.07, 6.45) is 3.19. The molecule has 1 aromatic carbocycles. The van der Waals surface area contributed by atoms with Gasteiger partial charge >= 0.3 is 6.09 Å². The minimum absolute atomic E-state index is 0.0172. The van der Waals surface area contributed by atoms with Crippen molar-refractivity contribution in [2.75, 3.05) is 43.1 Å². The molecule has 1 aliphatic rings. The summed E-state index contributed by atoms with van der Waals surface area (Å²) in [6.45, 7) is 8.92. The Labute approximate surface area is 204 Å². The summed E-state index contributed by atoms with van der Waals surface area (Å²) in [5, 5.41) is 2.82. The Morgan fingerprint density at radius 3 is 2.82 bits per heavy atom. The lowest BCUT2D eigenvalue weighted by Crippen LogP contribution is -2.36. The van der Waals surface area contributed by atoms with E-state index in [1.54, 1.807) is 0 Å². The van der Waals surface area contributed by atoms with Gasteiger partial charge in [-0.1, -0.05) is 42.2 Å². The van der Waals surface area contributed by atoms with Gasteiger partial charge in [0.2, 0.25) is 0 Å². The molecule has 180 valence electrons. The predicted octanol–water partition coefficient (Wildman–Crippen LogP) is 4.74. The van der Waals surface area contributed by atoms with E-state index in [9.17, 15) is 9.18 Å². The molecule has 1 fully saturated rings. The first kappa shape index (κ1) is 25.3. The van der Waals surface area contributed by atoms with Crippen molar-refractivity contribution in [3.05, 3.63) is 59.1 Å². The van der Waals surface area contributed by atoms with Crippen LogP contribution in [0.25, 0.3) is 17.0 Å². The largest absolute Gasteiger partial charge is 0.445 e. The number of nitrogens with two attached hydrogens (primary N) is 1. The zero-order valence-corrected chi connectivity index (χ0v) is 19.6. The van der Waals surface area contributed by atoms with Crippen LogP contribution in [0.15, 0.2) is 47.6 Å². The maximum atomic E-state index is 15.4. The molecule has 0 bridgehead atoms. The molecule has 0 saturated carbocycles. The summed E-state index contributed by atoms with van der Waals surface area (Å²) in [5.41, 5.74) is 5.64. The first-order valence-electron chi connectivity index (χ1n) is 10.0. The standard InChI is InChI=1S/C22H22ClF2N5O3S/c1-3-10-33-22(31)28-16-5-4-14(24)17(18(16)25)19-20(15(26)6-7-27-13(2)23)34-21(29-19)30-8-11-32-12-9-30/h3-7H,1-2,8-12,26H2,(H,28,31)/b15-6-,27-7-. The van der Waals surface area contributed by atoms with Crippen LogP contribution >= 0.6 is 22.9 Å². The van der Waals surface area contributed by atoms with E-state index in [0.29, 0.717) is 36.3 Å². The van der Waals surface area contributed by atoms with Crippen LogP contribution in [0.1, 0.15) is 4.88 Å². The lowest BCUT2D eigenvalue weighted by Gasteiger charge is -2.26. The van der Waals surface area contributed by atoms with Gasteiger partial charge in [0, 0.05) is 19.3 Å². The van der Waals surface area contributed by atoms with Gasteiger partial charge in [-0.15, -0.1) is 0 Å². The fourth-order valence-corrected chi connectivity index (χ4v) is 4.10. The average Bonchev–Trinajstić information content (AvgIpc) is 3.25. The molecule has 12 heteroatoms. The Balaban J connectivity index is 2.08. The van der Waals surface area contributed by atoms with E-state index < -0.39 is 23.3 Å². The highest BCUT2D eigenvalue weighted by Crippen LogP contribution is 2.40. The number of carbonyl (C=O) groups is 1. The maximum Gasteiger partial charge on any atom is 0.412 e. The Morgan fingerprint density at radius 1 is 1.41 bits per heavy atom. The summed E-state index contributed by atoms with van der Waals surface area (Å²) < 4.78 is 40.5. The van der Waals surface area contributed by atoms with E-state index in [4.69, 9.17) is 26.8 Å². The molecule has 1 aromatic heterocycles. The van der Waals surface area contributed by atoms with E-state index in [2.05, 4.69) is 28.5 Å². The summed E-state index contributed by atoms with van der Waals surface area (Å²) in [7, 11) is 0. The van der Waals surface area contributed by atoms with Gasteiger partial charge in [-0.2, -0.15) is 0 Å². The Bertz CT molecular complexity index is 1150. The predicted molar refractivity (Wildman–Crippen MR) is 131 cm³/mol. The van der Waals surface area contributed by atoms with Gasteiger partial charge in [0.1, 0.15) is 17.6 Å². The van der Waals surface area contributed by atoms with Gasteiger partial charge < -0.3 is 20.1 Å². The molecule has 0 aliphatic carbocycles. The van der Waals surface area contributed by atoms with Gasteiger partial charge in [-0.25, -0.2) is 23.6 Å². The Morgan fingerprint density at radius 2 is 2.15 bits per heavy atom. The number of morpholine rings is 1. The van der Waals surface area contributed by atoms with Crippen molar-refractivity contribution in [3.8, 4) is 11.3 Å². The molecule has 34 heavy (non-hydrogen) atoms. The normalized spacial score (nSPS) is 14.3. The van der Waals surface area contributed by atoms with Crippen LogP contribution in [0.4, 0.5) is 24.4 Å². The quantitative estimate of drug-likeness (QED) is 0.303. The van der Waals surface area contributed by atoms with Crippen molar-refractivity contribution in [3.63, 3.8) is 0 Å². The fraction of sp³-hybridized carbons (Fsp3) is 0.227. The van der Waals surface area contributed by atoms with Gasteiger partial charge in [-0.3, -0.25) is 5.32 Å². The highest BCUT2D eigenvalue weighted by Gasteiger charge is 2.26. The Hall–Kier alpha value is -3.28. The van der Waals surface area contributed by atoms with E-state index in [-0.39, 0.29) is 28.8 Å². The molecular formula is C22H22ClF2N5O3S. The summed E-state index contributed by atoms with van der Waals surface area (Å²) in [4.78, 5) is 22.5. The number of rotatable bonds is 8. The topological polar surface area (TPSA) is 102 Å². The van der Waals surface area contributed by atoms with Crippen molar-refractivity contribution < 1.29 is 23.0 Å². The number of nitrogens with zero attached hydrogens (tertiary/aromatic N) is 3. The van der Waals surface area contributed by atoms with Gasteiger partial charge in [0.15, 0.2) is 10.9 Å². The zero-order chi connectivity index (χ0) is 24.7. The van der Waals surface area contributed by atoms with Crippen LogP contribution in [0.2, 0.25) is 0 Å². The molecule has 2 heterocycles. The number of nitrogens with one attached hydrogen (secondary N) is 1. The smallest absolute Gasteiger partial charge is 0.412 e. The molecular weight excluding hydrogens is 488 g/mol. The number of thiazole rings is 1. The second kappa shape index (κ2) is 11.7. The number of hydrogen-bond donors (Lipinski definition) is 2. The minimum Gasteiger partial charge on any atom is -0.445 e. The number of aromatic nitrogens is 1. The number of benzene rings is 1. The van der Waals surface area contributed by atoms with Crippen molar-refractivity contribution in [1.82, 2.24) is 4.98 Å². The van der Waals surface area contributed by atoms with Crippen LogP contribution in [0.3, 0.4) is 0 Å². The van der Waals surface area contributed by atoms with Crippen molar-refractivity contribution in [2.24, 2.45) is 10.7 Å². The van der Waals surface area contributed by atoms with E-state index in [0.717, 1.165) is 12.1 Å². The molecule has 3 N–H and O–H groups in total. The minimum atomic E-state index is -1.02. The summed E-state index contributed by atoms with van der Waals surface area (Å²) >= 11 is 6.80. The zero-order valence-electron chi connectivity index (χ0n) is 18.0. The summed E-state index contributed by atoms with van der Waals surface area (Å²) in [6, 6.07) is 2.12. The molecule has 0 unspecified atom stereocenters. The van der Waals surface area contributed by atoms with Crippen LogP contribution in [0, 0.1) is 11.6 Å². The molecule has 1 aliphatic heterocycles. The SMILES string of the molecule is C=CCOC(=O)Nc1ccc(F)c(-c2nc(N3CCOCC3)sc2/C(N)=C/C=N\C(=C)Cl)c1F. The Kier molecular flexibility index (Phi) is 8.74. The highest BCUT2D eigenvalue weighted by molar-refractivity contribution is 7.17. The molecule has 1 saturated heterocycles. The second-order valence-corrected chi connectivity index (χ2v) is 8.26. The number of allylic oxidation sites excluding steroid dienone is 1. The number of anilines is 2. The molecule has 0 radical (unpaired) electrons. The number of carbonyl (C=O) groups excluding carboxylic acids is 1. The van der Waals surface area contributed by atoms with E-state index in [1.807, 2.05) is 4.90 Å². The van der Waals surface area contributed by atoms with Gasteiger partial charge in [0.25, 0.3) is 0 Å².